The predicted molar refractivity (Wildman–Crippen MR) is 58.0 cm³/mol. The molecular weight excluding hydrogens is 294 g/mol. The first-order valence-corrected chi connectivity index (χ1v) is 5.04. The van der Waals surface area contributed by atoms with Crippen LogP contribution in [0.3, 0.4) is 0 Å². The smallest absolute Gasteiger partial charge is 0.383 e. The first kappa shape index (κ1) is 15.2. The molecule has 1 aromatic carbocycles. The van der Waals surface area contributed by atoms with Crippen LogP contribution in [-0.2, 0) is 4.79 Å². The largest absolute Gasteiger partial charge is 0.478 e. The molecule has 0 saturated carbocycles. The van der Waals surface area contributed by atoms with Crippen LogP contribution in [0.1, 0.15) is 10.4 Å². The van der Waals surface area contributed by atoms with Gasteiger partial charge in [0.05, 0.1) is 10.6 Å². The first-order valence-electron chi connectivity index (χ1n) is 4.66. The molecule has 0 saturated heterocycles. The van der Waals surface area contributed by atoms with Crippen molar-refractivity contribution in [3.8, 4) is 0 Å². The second kappa shape index (κ2) is 5.43. The van der Waals surface area contributed by atoms with Crippen LogP contribution in [0.5, 0.6) is 0 Å². The van der Waals surface area contributed by atoms with Crippen LogP contribution in [-0.4, -0.2) is 29.3 Å². The molecule has 0 fully saturated rings. The molecule has 1 rings (SSSR count). The molecule has 0 aliphatic carbocycles. The Bertz CT molecular complexity index is 521. The van der Waals surface area contributed by atoms with Gasteiger partial charge in [0, 0.05) is 5.69 Å². The molecule has 1 aromatic rings. The number of carboxylic acid groups (broad SMARTS) is 1. The van der Waals surface area contributed by atoms with Gasteiger partial charge < -0.3 is 10.4 Å². The van der Waals surface area contributed by atoms with E-state index in [4.69, 9.17) is 16.7 Å². The van der Waals surface area contributed by atoms with E-state index in [9.17, 15) is 27.2 Å². The number of rotatable bonds is 4. The third-order valence-corrected chi connectivity index (χ3v) is 2.35. The zero-order chi connectivity index (χ0) is 14.8. The Morgan fingerprint density at radius 3 is 2.32 bits per heavy atom. The van der Waals surface area contributed by atoms with Crippen LogP contribution >= 0.6 is 11.6 Å². The molecule has 0 heterocycles. The van der Waals surface area contributed by atoms with Crippen LogP contribution in [0.15, 0.2) is 18.2 Å². The number of hydrogen-bond donors (Lipinski definition) is 2. The van der Waals surface area contributed by atoms with Crippen LogP contribution in [0, 0.1) is 0 Å². The topological polar surface area (TPSA) is 66.4 Å². The number of carbonyl (C=O) groups excluding carboxylic acids is 1. The van der Waals surface area contributed by atoms with Gasteiger partial charge in [0.25, 0.3) is 0 Å². The first-order chi connectivity index (χ1) is 8.66. The predicted octanol–water partition coefficient (Wildman–Crippen LogP) is 2.88. The van der Waals surface area contributed by atoms with Crippen molar-refractivity contribution in [1.82, 2.24) is 0 Å². The van der Waals surface area contributed by atoms with E-state index in [1.165, 1.54) is 5.32 Å². The van der Waals surface area contributed by atoms with Crippen molar-refractivity contribution in [3.63, 3.8) is 0 Å². The van der Waals surface area contributed by atoms with E-state index in [2.05, 4.69) is 0 Å². The third kappa shape index (κ3) is 3.34. The summed E-state index contributed by atoms with van der Waals surface area (Å²) >= 11 is 5.52. The molecule has 0 bridgehead atoms. The maximum absolute atomic E-state index is 12.6. The zero-order valence-electron chi connectivity index (χ0n) is 8.96. The van der Waals surface area contributed by atoms with Crippen molar-refractivity contribution in [2.75, 3.05) is 5.32 Å². The highest BCUT2D eigenvalue weighted by molar-refractivity contribution is 6.33. The number of hydrogen-bond acceptors (Lipinski definition) is 2. The highest BCUT2D eigenvalue weighted by atomic mass is 35.5. The number of alkyl halides is 4. The summed E-state index contributed by atoms with van der Waals surface area (Å²) in [6, 6.07) is 2.76. The number of halogens is 5. The molecule has 2 N–H and O–H groups in total. The van der Waals surface area contributed by atoms with Crippen LogP contribution < -0.4 is 5.32 Å². The maximum atomic E-state index is 12.6. The van der Waals surface area contributed by atoms with Gasteiger partial charge in [-0.3, -0.25) is 4.79 Å². The Morgan fingerprint density at radius 1 is 1.32 bits per heavy atom. The molecule has 0 spiro atoms. The van der Waals surface area contributed by atoms with Crippen molar-refractivity contribution < 1.29 is 32.3 Å². The van der Waals surface area contributed by atoms with E-state index in [-0.39, 0.29) is 16.3 Å². The highest BCUT2D eigenvalue weighted by Gasteiger charge is 2.48. The molecule has 104 valence electrons. The summed E-state index contributed by atoms with van der Waals surface area (Å²) in [5.41, 5.74) is -0.638. The fourth-order valence-corrected chi connectivity index (χ4v) is 1.34. The number of nitrogens with one attached hydrogen (secondary N) is 1. The van der Waals surface area contributed by atoms with Gasteiger partial charge in [-0.2, -0.15) is 8.78 Å². The normalized spacial score (nSPS) is 11.5. The lowest BCUT2D eigenvalue weighted by Gasteiger charge is -2.15. The van der Waals surface area contributed by atoms with Gasteiger partial charge in [0.1, 0.15) is 0 Å². The number of aromatic carboxylic acids is 1. The van der Waals surface area contributed by atoms with Crippen LogP contribution in [0.2, 0.25) is 5.02 Å². The molecule has 4 nitrogen and oxygen atoms in total. The summed E-state index contributed by atoms with van der Waals surface area (Å²) in [6.07, 6.45) is -4.15. The van der Waals surface area contributed by atoms with Crippen LogP contribution in [0.25, 0.3) is 0 Å². The summed E-state index contributed by atoms with van der Waals surface area (Å²) < 4.78 is 49.1. The number of amides is 1. The molecular formula is C10H6ClF4NO3. The minimum absolute atomic E-state index is 0.319. The number of carbonyl (C=O) groups is 2. The minimum Gasteiger partial charge on any atom is -0.478 e. The molecule has 1 amide bonds. The van der Waals surface area contributed by atoms with Crippen molar-refractivity contribution in [2.45, 2.75) is 12.3 Å². The zero-order valence-corrected chi connectivity index (χ0v) is 9.72. The lowest BCUT2D eigenvalue weighted by molar-refractivity contribution is -0.163. The highest BCUT2D eigenvalue weighted by Crippen LogP contribution is 2.26. The molecule has 0 aromatic heterocycles. The lowest BCUT2D eigenvalue weighted by atomic mass is 10.2. The van der Waals surface area contributed by atoms with E-state index >= 15 is 0 Å². The minimum atomic E-state index is -4.85. The van der Waals surface area contributed by atoms with Crippen LogP contribution in [0.4, 0.5) is 23.2 Å². The van der Waals surface area contributed by atoms with Gasteiger partial charge in [-0.1, -0.05) is 11.6 Å². The fourth-order valence-electron chi connectivity index (χ4n) is 1.08. The van der Waals surface area contributed by atoms with E-state index < -0.39 is 24.2 Å². The van der Waals surface area contributed by atoms with Crippen molar-refractivity contribution in [1.29, 1.82) is 0 Å². The Kier molecular flexibility index (Phi) is 4.35. The SMILES string of the molecule is O=C(O)c1ccc(NC(=O)C(F)(F)C(F)F)cc1Cl. The summed E-state index contributed by atoms with van der Waals surface area (Å²) in [6.45, 7) is 0. The number of anilines is 1. The van der Waals surface area contributed by atoms with Crippen molar-refractivity contribution in [2.24, 2.45) is 0 Å². The lowest BCUT2D eigenvalue weighted by Crippen LogP contribution is -2.40. The van der Waals surface area contributed by atoms with E-state index in [1.807, 2.05) is 0 Å². The van der Waals surface area contributed by atoms with Gasteiger partial charge >= 0.3 is 24.2 Å². The second-order valence-electron chi connectivity index (χ2n) is 3.38. The number of benzene rings is 1. The van der Waals surface area contributed by atoms with E-state index in [0.29, 0.717) is 0 Å². The van der Waals surface area contributed by atoms with Gasteiger partial charge in [-0.25, -0.2) is 13.6 Å². The third-order valence-electron chi connectivity index (χ3n) is 2.03. The van der Waals surface area contributed by atoms with E-state index in [0.717, 1.165) is 18.2 Å². The standard InChI is InChI=1S/C10H6ClF4NO3/c11-6-3-4(1-2-5(6)7(17)18)16-9(19)10(14,15)8(12)13/h1-3,8H,(H,16,19)(H,17,18). The summed E-state index contributed by atoms with van der Waals surface area (Å²) in [5.74, 6) is -8.42. The summed E-state index contributed by atoms with van der Waals surface area (Å²) in [7, 11) is 0. The molecule has 0 atom stereocenters. The van der Waals surface area contributed by atoms with Gasteiger partial charge in [0.2, 0.25) is 0 Å². The molecule has 0 aliphatic heterocycles. The fraction of sp³-hybridized carbons (Fsp3) is 0.200. The van der Waals surface area contributed by atoms with Crippen molar-refractivity contribution >= 4 is 29.2 Å². The average molecular weight is 300 g/mol. The monoisotopic (exact) mass is 299 g/mol. The Hall–Kier alpha value is -1.83. The maximum Gasteiger partial charge on any atom is 0.383 e. The summed E-state index contributed by atoms with van der Waals surface area (Å²) in [5, 5.41) is 9.85. The van der Waals surface area contributed by atoms with Gasteiger partial charge in [0.15, 0.2) is 0 Å². The van der Waals surface area contributed by atoms with Crippen molar-refractivity contribution in [3.05, 3.63) is 28.8 Å². The summed E-state index contributed by atoms with van der Waals surface area (Å²) in [4.78, 5) is 21.5. The molecule has 0 unspecified atom stereocenters. The Labute approximate surface area is 109 Å². The molecule has 0 aliphatic rings. The van der Waals surface area contributed by atoms with Gasteiger partial charge in [-0.05, 0) is 18.2 Å². The molecule has 9 heteroatoms. The molecule has 19 heavy (non-hydrogen) atoms. The number of carboxylic acids is 1. The van der Waals surface area contributed by atoms with Gasteiger partial charge in [-0.15, -0.1) is 0 Å². The second-order valence-corrected chi connectivity index (χ2v) is 3.78. The Balaban J connectivity index is 2.93. The average Bonchev–Trinajstić information content (AvgIpc) is 2.28. The quantitative estimate of drug-likeness (QED) is 0.840. The van der Waals surface area contributed by atoms with E-state index in [1.54, 1.807) is 0 Å². The Morgan fingerprint density at radius 2 is 1.89 bits per heavy atom. The molecule has 0 radical (unpaired) electrons.